The Kier molecular flexibility index (Phi) is 5.72. The first kappa shape index (κ1) is 19.3. The normalized spacial score (nSPS) is 20.8. The number of allylic oxidation sites excluding steroid dienone is 3. The van der Waals surface area contributed by atoms with Gasteiger partial charge in [-0.3, -0.25) is 9.59 Å². The summed E-state index contributed by atoms with van der Waals surface area (Å²) < 4.78 is 1.03. The van der Waals surface area contributed by atoms with Crippen LogP contribution in [0.5, 0.6) is 0 Å². The SMILES string of the molecule is CC=CC(=CCC)N1CCC(O)(C(=O)NCc2nc3ccccc3s2)C1=O. The molecular weight excluding hydrogens is 362 g/mol. The van der Waals surface area contributed by atoms with E-state index in [-0.39, 0.29) is 13.0 Å². The van der Waals surface area contributed by atoms with Gasteiger partial charge in [-0.25, -0.2) is 4.98 Å². The fraction of sp³-hybridized carbons (Fsp3) is 0.350. The molecule has 27 heavy (non-hydrogen) atoms. The number of carbonyl (C=O) groups excluding carboxylic acids is 2. The standard InChI is InChI=1S/C20H23N3O3S/c1-3-7-14(8-4-2)23-12-11-20(26,19(23)25)18(24)21-13-17-22-15-9-5-6-10-16(15)27-17/h3,5-10,26H,4,11-13H2,1-2H3,(H,21,24). The Hall–Kier alpha value is -2.51. The Balaban J connectivity index is 1.70. The zero-order valence-corrected chi connectivity index (χ0v) is 16.3. The lowest BCUT2D eigenvalue weighted by Gasteiger charge is -2.22. The number of benzene rings is 1. The molecule has 1 aromatic carbocycles. The van der Waals surface area contributed by atoms with Crippen LogP contribution in [0.15, 0.2) is 48.2 Å². The van der Waals surface area contributed by atoms with Crippen molar-refractivity contribution in [1.29, 1.82) is 0 Å². The third-order valence-corrected chi connectivity index (χ3v) is 5.51. The second-order valence-electron chi connectivity index (χ2n) is 6.36. The molecular formula is C20H23N3O3S. The van der Waals surface area contributed by atoms with Crippen LogP contribution in [0.4, 0.5) is 0 Å². The topological polar surface area (TPSA) is 82.5 Å². The van der Waals surface area contributed by atoms with E-state index in [1.54, 1.807) is 0 Å². The molecule has 0 radical (unpaired) electrons. The molecule has 0 aliphatic carbocycles. The number of aromatic nitrogens is 1. The van der Waals surface area contributed by atoms with Crippen molar-refractivity contribution in [3.63, 3.8) is 0 Å². The second kappa shape index (κ2) is 8.02. The average molecular weight is 385 g/mol. The van der Waals surface area contributed by atoms with Crippen LogP contribution in [0.3, 0.4) is 0 Å². The minimum atomic E-state index is -2.04. The summed E-state index contributed by atoms with van der Waals surface area (Å²) in [6.45, 7) is 4.32. The number of nitrogens with one attached hydrogen (secondary N) is 1. The maximum absolute atomic E-state index is 12.7. The number of thiazole rings is 1. The molecule has 1 saturated heterocycles. The number of nitrogens with zero attached hydrogens (tertiary/aromatic N) is 2. The first-order valence-corrected chi connectivity index (χ1v) is 9.81. The lowest BCUT2D eigenvalue weighted by Crippen LogP contribution is -2.52. The summed E-state index contributed by atoms with van der Waals surface area (Å²) in [6, 6.07) is 7.72. The molecule has 2 N–H and O–H groups in total. The van der Waals surface area contributed by atoms with Crippen molar-refractivity contribution in [3.8, 4) is 0 Å². The van der Waals surface area contributed by atoms with Gasteiger partial charge in [0.1, 0.15) is 5.01 Å². The van der Waals surface area contributed by atoms with E-state index in [0.717, 1.165) is 21.6 Å². The van der Waals surface area contributed by atoms with E-state index < -0.39 is 17.4 Å². The molecule has 7 heteroatoms. The van der Waals surface area contributed by atoms with Gasteiger partial charge in [0, 0.05) is 18.7 Å². The van der Waals surface area contributed by atoms with Crippen LogP contribution in [-0.4, -0.2) is 39.0 Å². The highest BCUT2D eigenvalue weighted by atomic mass is 32.1. The summed E-state index contributed by atoms with van der Waals surface area (Å²) in [4.78, 5) is 31.2. The molecule has 0 bridgehead atoms. The maximum Gasteiger partial charge on any atom is 0.268 e. The van der Waals surface area contributed by atoms with Gasteiger partial charge < -0.3 is 15.3 Å². The van der Waals surface area contributed by atoms with Crippen LogP contribution in [0, 0.1) is 0 Å². The summed E-state index contributed by atoms with van der Waals surface area (Å²) in [5.41, 5.74) is -0.459. The highest BCUT2D eigenvalue weighted by Gasteiger charge is 2.51. The number of hydrogen-bond donors (Lipinski definition) is 2. The molecule has 1 aliphatic rings. The number of hydrogen-bond acceptors (Lipinski definition) is 5. The van der Waals surface area contributed by atoms with Gasteiger partial charge in [0.15, 0.2) is 0 Å². The zero-order chi connectivity index (χ0) is 19.4. The highest BCUT2D eigenvalue weighted by molar-refractivity contribution is 7.18. The molecule has 2 heterocycles. The Labute approximate surface area is 162 Å². The zero-order valence-electron chi connectivity index (χ0n) is 15.4. The molecule has 1 aliphatic heterocycles. The van der Waals surface area contributed by atoms with Crippen LogP contribution < -0.4 is 5.32 Å². The van der Waals surface area contributed by atoms with Gasteiger partial charge >= 0.3 is 0 Å². The van der Waals surface area contributed by atoms with Crippen LogP contribution in [-0.2, 0) is 16.1 Å². The number of amides is 2. The van der Waals surface area contributed by atoms with Gasteiger partial charge in [0.2, 0.25) is 5.60 Å². The largest absolute Gasteiger partial charge is 0.372 e. The number of likely N-dealkylation sites (tertiary alicyclic amines) is 1. The summed E-state index contributed by atoms with van der Waals surface area (Å²) >= 11 is 1.48. The Morgan fingerprint density at radius 1 is 1.44 bits per heavy atom. The summed E-state index contributed by atoms with van der Waals surface area (Å²) in [5, 5.41) is 14.1. The second-order valence-corrected chi connectivity index (χ2v) is 7.48. The quantitative estimate of drug-likeness (QED) is 0.592. The van der Waals surface area contributed by atoms with Gasteiger partial charge in [-0.05, 0) is 31.6 Å². The summed E-state index contributed by atoms with van der Waals surface area (Å²) in [7, 11) is 0. The van der Waals surface area contributed by atoms with Crippen LogP contribution in [0.1, 0.15) is 31.7 Å². The third kappa shape index (κ3) is 3.79. The first-order chi connectivity index (χ1) is 13.0. The molecule has 3 rings (SSSR count). The van der Waals surface area contributed by atoms with Crippen molar-refractivity contribution in [2.75, 3.05) is 6.54 Å². The molecule has 1 atom stereocenters. The third-order valence-electron chi connectivity index (χ3n) is 4.47. The van der Waals surface area contributed by atoms with E-state index in [1.165, 1.54) is 16.2 Å². The molecule has 2 aromatic rings. The van der Waals surface area contributed by atoms with E-state index in [9.17, 15) is 14.7 Å². The van der Waals surface area contributed by atoms with E-state index in [0.29, 0.717) is 12.2 Å². The number of rotatable bonds is 6. The maximum atomic E-state index is 12.7. The average Bonchev–Trinajstić information content (AvgIpc) is 3.21. The van der Waals surface area contributed by atoms with E-state index in [2.05, 4.69) is 10.3 Å². The molecule has 142 valence electrons. The monoisotopic (exact) mass is 385 g/mol. The predicted molar refractivity (Wildman–Crippen MR) is 106 cm³/mol. The number of aliphatic hydroxyl groups is 1. The van der Waals surface area contributed by atoms with Gasteiger partial charge in [0.25, 0.3) is 11.8 Å². The van der Waals surface area contributed by atoms with Crippen molar-refractivity contribution in [3.05, 3.63) is 53.2 Å². The fourth-order valence-electron chi connectivity index (χ4n) is 3.11. The molecule has 1 unspecified atom stereocenters. The van der Waals surface area contributed by atoms with Gasteiger partial charge in [-0.2, -0.15) is 0 Å². The van der Waals surface area contributed by atoms with Crippen LogP contribution in [0.2, 0.25) is 0 Å². The summed E-state index contributed by atoms with van der Waals surface area (Å²) in [5.74, 6) is -1.26. The molecule has 1 aromatic heterocycles. The van der Waals surface area contributed by atoms with Crippen molar-refractivity contribution in [1.82, 2.24) is 15.2 Å². The lowest BCUT2D eigenvalue weighted by molar-refractivity contribution is -0.153. The Morgan fingerprint density at radius 3 is 2.93 bits per heavy atom. The number of carbonyl (C=O) groups is 2. The van der Waals surface area contributed by atoms with Crippen molar-refractivity contribution in [2.45, 2.75) is 38.8 Å². The van der Waals surface area contributed by atoms with Gasteiger partial charge in [-0.1, -0.05) is 31.2 Å². The molecule has 0 saturated carbocycles. The first-order valence-electron chi connectivity index (χ1n) is 8.99. The van der Waals surface area contributed by atoms with Crippen molar-refractivity contribution < 1.29 is 14.7 Å². The van der Waals surface area contributed by atoms with E-state index in [1.807, 2.05) is 56.3 Å². The molecule has 2 amide bonds. The highest BCUT2D eigenvalue weighted by Crippen LogP contribution is 2.28. The minimum Gasteiger partial charge on any atom is -0.372 e. The smallest absolute Gasteiger partial charge is 0.268 e. The van der Waals surface area contributed by atoms with Crippen molar-refractivity contribution in [2.24, 2.45) is 0 Å². The lowest BCUT2D eigenvalue weighted by atomic mass is 10.0. The van der Waals surface area contributed by atoms with Crippen LogP contribution in [0.25, 0.3) is 10.2 Å². The molecule has 0 spiro atoms. The Bertz CT molecular complexity index is 885. The van der Waals surface area contributed by atoms with E-state index >= 15 is 0 Å². The van der Waals surface area contributed by atoms with Gasteiger partial charge in [0.05, 0.1) is 16.8 Å². The molecule has 1 fully saturated rings. The Morgan fingerprint density at radius 2 is 2.22 bits per heavy atom. The van der Waals surface area contributed by atoms with E-state index in [4.69, 9.17) is 0 Å². The number of para-hydroxylation sites is 1. The summed E-state index contributed by atoms with van der Waals surface area (Å²) in [6.07, 6.45) is 6.37. The van der Waals surface area contributed by atoms with Gasteiger partial charge in [-0.15, -0.1) is 11.3 Å². The predicted octanol–water partition coefficient (Wildman–Crippen LogP) is 2.75. The number of fused-ring (bicyclic) bond motifs is 1. The van der Waals surface area contributed by atoms with Crippen LogP contribution >= 0.6 is 11.3 Å². The van der Waals surface area contributed by atoms with Crippen molar-refractivity contribution >= 4 is 33.4 Å². The fourth-order valence-corrected chi connectivity index (χ4v) is 4.02. The molecule has 6 nitrogen and oxygen atoms in total. The minimum absolute atomic E-state index is 0.0656.